The first-order valence-corrected chi connectivity index (χ1v) is 4.02. The van der Waals surface area contributed by atoms with Crippen LogP contribution in [0.5, 0.6) is 5.75 Å². The summed E-state index contributed by atoms with van der Waals surface area (Å²) in [6.45, 7) is 2.91. The maximum Gasteiger partial charge on any atom is 0.139 e. The fourth-order valence-corrected chi connectivity index (χ4v) is 0.854. The Morgan fingerprint density at radius 3 is 2.45 bits per heavy atom. The van der Waals surface area contributed by atoms with E-state index in [-0.39, 0.29) is 0 Å². The van der Waals surface area contributed by atoms with Crippen molar-refractivity contribution in [1.82, 2.24) is 0 Å². The molecule has 0 aliphatic carbocycles. The Labute approximate surface area is 68.8 Å². The maximum absolute atomic E-state index is 5.41. The van der Waals surface area contributed by atoms with Crippen LogP contribution < -0.4 is 10.2 Å². The number of hydrogen-bond donors (Lipinski definition) is 0. The largest absolute Gasteiger partial charge is 0.494 e. The Morgan fingerprint density at radius 1 is 1.27 bits per heavy atom. The van der Waals surface area contributed by atoms with E-state index in [1.165, 1.54) is 5.46 Å². The van der Waals surface area contributed by atoms with Gasteiger partial charge in [-0.2, -0.15) is 0 Å². The van der Waals surface area contributed by atoms with Crippen molar-refractivity contribution in [3.8, 4) is 5.75 Å². The summed E-state index contributed by atoms with van der Waals surface area (Å²) in [5, 5.41) is 0. The van der Waals surface area contributed by atoms with Crippen molar-refractivity contribution in [2.45, 2.75) is 13.3 Å². The Kier molecular flexibility index (Phi) is 3.03. The summed E-state index contributed by atoms with van der Waals surface area (Å²) < 4.78 is 5.41. The van der Waals surface area contributed by atoms with Gasteiger partial charge in [-0.05, 0) is 18.6 Å². The molecular formula is C9H13BO. The minimum Gasteiger partial charge on any atom is -0.494 e. The molecule has 0 saturated carbocycles. The van der Waals surface area contributed by atoms with E-state index in [9.17, 15) is 0 Å². The van der Waals surface area contributed by atoms with Crippen LogP contribution in [0.25, 0.3) is 0 Å². The van der Waals surface area contributed by atoms with Crippen LogP contribution in [0.4, 0.5) is 0 Å². The molecule has 11 heavy (non-hydrogen) atoms. The van der Waals surface area contributed by atoms with Gasteiger partial charge in [-0.3, -0.25) is 0 Å². The van der Waals surface area contributed by atoms with Gasteiger partial charge in [-0.25, -0.2) is 0 Å². The van der Waals surface area contributed by atoms with Gasteiger partial charge < -0.3 is 4.74 Å². The van der Waals surface area contributed by atoms with E-state index in [4.69, 9.17) is 4.74 Å². The van der Waals surface area contributed by atoms with Gasteiger partial charge in [-0.15, -0.1) is 0 Å². The summed E-state index contributed by atoms with van der Waals surface area (Å²) in [6.07, 6.45) is 1.06. The lowest BCUT2D eigenvalue weighted by atomic mass is 9.97. The van der Waals surface area contributed by atoms with Crippen molar-refractivity contribution in [2.24, 2.45) is 0 Å². The van der Waals surface area contributed by atoms with E-state index in [2.05, 4.69) is 26.9 Å². The summed E-state index contributed by atoms with van der Waals surface area (Å²) in [5.74, 6) is 0.970. The van der Waals surface area contributed by atoms with Gasteiger partial charge in [-0.1, -0.05) is 24.5 Å². The van der Waals surface area contributed by atoms with Crippen molar-refractivity contribution < 1.29 is 4.74 Å². The second-order valence-electron chi connectivity index (χ2n) is 2.66. The quantitative estimate of drug-likeness (QED) is 0.574. The summed E-state index contributed by atoms with van der Waals surface area (Å²) in [6, 6.07) is 8.13. The van der Waals surface area contributed by atoms with Crippen LogP contribution in [0.3, 0.4) is 0 Å². The van der Waals surface area contributed by atoms with Gasteiger partial charge >= 0.3 is 0 Å². The molecule has 0 radical (unpaired) electrons. The fraction of sp³-hybridized carbons (Fsp3) is 0.333. The van der Waals surface area contributed by atoms with Crippen LogP contribution in [0, 0.1) is 0 Å². The maximum atomic E-state index is 5.41. The molecule has 1 rings (SSSR count). The molecule has 0 aliphatic heterocycles. The molecule has 0 fully saturated rings. The van der Waals surface area contributed by atoms with Crippen molar-refractivity contribution in [3.05, 3.63) is 24.3 Å². The highest BCUT2D eigenvalue weighted by Crippen LogP contribution is 2.06. The van der Waals surface area contributed by atoms with Crippen molar-refractivity contribution >= 4 is 13.3 Å². The Balaban J connectivity index is 2.52. The van der Waals surface area contributed by atoms with Crippen LogP contribution in [-0.4, -0.2) is 14.5 Å². The first kappa shape index (κ1) is 8.18. The second-order valence-corrected chi connectivity index (χ2v) is 2.66. The van der Waals surface area contributed by atoms with Gasteiger partial charge in [0, 0.05) is 0 Å². The molecule has 2 heteroatoms. The predicted molar refractivity (Wildman–Crippen MR) is 50.4 cm³/mol. The zero-order valence-corrected chi connectivity index (χ0v) is 7.13. The van der Waals surface area contributed by atoms with E-state index < -0.39 is 0 Å². The molecule has 1 aromatic carbocycles. The lowest BCUT2D eigenvalue weighted by Gasteiger charge is -2.03. The summed E-state index contributed by atoms with van der Waals surface area (Å²) >= 11 is 0. The zero-order chi connectivity index (χ0) is 8.10. The minimum atomic E-state index is 0.809. The van der Waals surface area contributed by atoms with Gasteiger partial charge in [0.2, 0.25) is 0 Å². The third-order valence-corrected chi connectivity index (χ3v) is 1.49. The topological polar surface area (TPSA) is 9.23 Å². The highest BCUT2D eigenvalue weighted by molar-refractivity contribution is 6.32. The van der Waals surface area contributed by atoms with E-state index in [1.54, 1.807) is 0 Å². The van der Waals surface area contributed by atoms with Crippen molar-refractivity contribution in [1.29, 1.82) is 0 Å². The van der Waals surface area contributed by atoms with Crippen molar-refractivity contribution in [3.63, 3.8) is 0 Å². The summed E-state index contributed by atoms with van der Waals surface area (Å²) in [4.78, 5) is 0. The van der Waals surface area contributed by atoms with E-state index in [1.807, 2.05) is 12.1 Å². The number of ether oxygens (including phenoxy) is 1. The van der Waals surface area contributed by atoms with Crippen LogP contribution in [0.15, 0.2) is 24.3 Å². The van der Waals surface area contributed by atoms with Crippen LogP contribution in [0.2, 0.25) is 0 Å². The molecule has 1 nitrogen and oxygen atoms in total. The molecule has 0 amide bonds. The van der Waals surface area contributed by atoms with Crippen LogP contribution in [-0.2, 0) is 0 Å². The van der Waals surface area contributed by atoms with Gasteiger partial charge in [0.1, 0.15) is 13.6 Å². The standard InChI is InChI=1S/C9H13BO/c1-2-7-11-9-5-3-8(10)4-6-9/h3-6H,2,7,10H2,1H3. The van der Waals surface area contributed by atoms with Crippen molar-refractivity contribution in [2.75, 3.05) is 6.61 Å². The van der Waals surface area contributed by atoms with Crippen LogP contribution in [0.1, 0.15) is 13.3 Å². The van der Waals surface area contributed by atoms with E-state index in [0.29, 0.717) is 0 Å². The molecular weight excluding hydrogens is 135 g/mol. The molecule has 0 N–H and O–H groups in total. The van der Waals surface area contributed by atoms with Gasteiger partial charge in [0.15, 0.2) is 0 Å². The molecule has 0 bridgehead atoms. The Morgan fingerprint density at radius 2 is 1.91 bits per heavy atom. The van der Waals surface area contributed by atoms with Gasteiger partial charge in [0.05, 0.1) is 6.61 Å². The number of rotatable bonds is 3. The minimum absolute atomic E-state index is 0.809. The van der Waals surface area contributed by atoms with Crippen LogP contribution >= 0.6 is 0 Å². The average Bonchev–Trinajstić information content (AvgIpc) is 2.04. The molecule has 1 aromatic rings. The van der Waals surface area contributed by atoms with E-state index >= 15 is 0 Å². The molecule has 58 valence electrons. The first-order chi connectivity index (χ1) is 5.33. The lowest BCUT2D eigenvalue weighted by molar-refractivity contribution is 0.317. The second kappa shape index (κ2) is 4.07. The van der Waals surface area contributed by atoms with E-state index in [0.717, 1.165) is 18.8 Å². The predicted octanol–water partition coefficient (Wildman–Crippen LogP) is 0.734. The Hall–Kier alpha value is -0.915. The molecule has 0 aromatic heterocycles. The SMILES string of the molecule is Bc1ccc(OCCC)cc1. The number of hydrogen-bond acceptors (Lipinski definition) is 1. The third kappa shape index (κ3) is 2.66. The fourth-order valence-electron chi connectivity index (χ4n) is 0.854. The Bertz CT molecular complexity index is 205. The molecule has 0 saturated heterocycles. The monoisotopic (exact) mass is 148 g/mol. The molecule has 0 aliphatic rings. The summed E-state index contributed by atoms with van der Waals surface area (Å²) in [5.41, 5.74) is 1.27. The highest BCUT2D eigenvalue weighted by atomic mass is 16.5. The van der Waals surface area contributed by atoms with Gasteiger partial charge in [0.25, 0.3) is 0 Å². The molecule has 0 unspecified atom stereocenters. The first-order valence-electron chi connectivity index (χ1n) is 4.02. The highest BCUT2D eigenvalue weighted by Gasteiger charge is 1.89. The average molecular weight is 148 g/mol. The third-order valence-electron chi connectivity index (χ3n) is 1.49. The number of benzene rings is 1. The summed E-state index contributed by atoms with van der Waals surface area (Å²) in [7, 11) is 2.07. The lowest BCUT2D eigenvalue weighted by Crippen LogP contribution is -2.01. The molecule has 0 atom stereocenters. The molecule has 0 heterocycles. The zero-order valence-electron chi connectivity index (χ0n) is 7.13. The normalized spacial score (nSPS) is 9.55. The smallest absolute Gasteiger partial charge is 0.139 e. The molecule has 0 spiro atoms.